The molecule has 0 spiro atoms. The van der Waals surface area contributed by atoms with Gasteiger partial charge in [-0.3, -0.25) is 14.7 Å². The van der Waals surface area contributed by atoms with E-state index in [4.69, 9.17) is 4.74 Å². The Morgan fingerprint density at radius 3 is 2.45 bits per heavy atom. The number of nitro groups is 1. The van der Waals surface area contributed by atoms with E-state index in [-0.39, 0.29) is 10.6 Å². The molecular weight excluding hydrogens is 412 g/mol. The van der Waals surface area contributed by atoms with Crippen LogP contribution in [0, 0.1) is 17.0 Å². The molecule has 4 rings (SSSR count). The smallest absolute Gasteiger partial charge is 0.269 e. The molecule has 3 aromatic carbocycles. The number of thioether (sulfide) groups is 1. The summed E-state index contributed by atoms with van der Waals surface area (Å²) in [7, 11) is 1.63. The molecule has 0 aliphatic rings. The van der Waals surface area contributed by atoms with E-state index in [0.717, 1.165) is 28.1 Å². The van der Waals surface area contributed by atoms with Gasteiger partial charge in [-0.25, -0.2) is 0 Å². The number of aromatic nitrogens is 3. The summed E-state index contributed by atoms with van der Waals surface area (Å²) >= 11 is 1.48. The van der Waals surface area contributed by atoms with Crippen LogP contribution in [-0.2, 0) is 5.75 Å². The third-order valence-corrected chi connectivity index (χ3v) is 5.76. The Labute approximate surface area is 183 Å². The van der Waals surface area contributed by atoms with E-state index >= 15 is 0 Å². The highest BCUT2D eigenvalue weighted by Gasteiger charge is 2.17. The molecule has 0 atom stereocenters. The molecule has 0 unspecified atom stereocenters. The average molecular weight is 433 g/mol. The van der Waals surface area contributed by atoms with Gasteiger partial charge < -0.3 is 4.74 Å². The number of rotatable bonds is 7. The van der Waals surface area contributed by atoms with Gasteiger partial charge in [-0.15, -0.1) is 10.2 Å². The van der Waals surface area contributed by atoms with Gasteiger partial charge in [-0.05, 0) is 48.9 Å². The Balaban J connectivity index is 1.70. The standard InChI is InChI=1S/C23H20N4O3S/c1-16-6-10-19(11-7-16)26-22(18-8-12-21(30-2)13-9-18)24-25-23(26)31-15-17-4-3-5-20(14-17)27(28)29/h3-14H,15H2,1-2H3. The molecule has 0 saturated carbocycles. The van der Waals surface area contributed by atoms with Gasteiger partial charge in [-0.1, -0.05) is 41.6 Å². The molecule has 156 valence electrons. The van der Waals surface area contributed by atoms with Crippen LogP contribution in [0.2, 0.25) is 0 Å². The zero-order valence-electron chi connectivity index (χ0n) is 17.1. The minimum Gasteiger partial charge on any atom is -0.497 e. The fourth-order valence-corrected chi connectivity index (χ4v) is 4.02. The van der Waals surface area contributed by atoms with Crippen LogP contribution in [0.4, 0.5) is 5.69 Å². The van der Waals surface area contributed by atoms with Gasteiger partial charge in [0.15, 0.2) is 11.0 Å². The van der Waals surface area contributed by atoms with Crippen LogP contribution in [0.25, 0.3) is 17.1 Å². The maximum absolute atomic E-state index is 11.1. The van der Waals surface area contributed by atoms with Crippen molar-refractivity contribution in [1.82, 2.24) is 14.8 Å². The average Bonchev–Trinajstić information content (AvgIpc) is 3.22. The maximum Gasteiger partial charge on any atom is 0.269 e. The first-order chi connectivity index (χ1) is 15.0. The van der Waals surface area contributed by atoms with Gasteiger partial charge in [0.25, 0.3) is 5.69 Å². The lowest BCUT2D eigenvalue weighted by atomic mass is 10.2. The quantitative estimate of drug-likeness (QED) is 0.219. The second-order valence-electron chi connectivity index (χ2n) is 6.92. The van der Waals surface area contributed by atoms with E-state index < -0.39 is 0 Å². The van der Waals surface area contributed by atoms with Crippen LogP contribution in [0.15, 0.2) is 78.0 Å². The van der Waals surface area contributed by atoms with Crippen molar-refractivity contribution in [2.45, 2.75) is 17.8 Å². The lowest BCUT2D eigenvalue weighted by molar-refractivity contribution is -0.384. The van der Waals surface area contributed by atoms with Crippen LogP contribution >= 0.6 is 11.8 Å². The second-order valence-corrected chi connectivity index (χ2v) is 7.86. The molecule has 4 aromatic rings. The Bertz CT molecular complexity index is 1200. The Morgan fingerprint density at radius 2 is 1.77 bits per heavy atom. The first kappa shape index (κ1) is 20.6. The van der Waals surface area contributed by atoms with Gasteiger partial charge in [0.05, 0.1) is 12.0 Å². The number of benzene rings is 3. The molecule has 8 heteroatoms. The summed E-state index contributed by atoms with van der Waals surface area (Å²) < 4.78 is 7.26. The number of nitro benzene ring substituents is 1. The zero-order valence-corrected chi connectivity index (χ0v) is 17.9. The number of nitrogens with zero attached hydrogens (tertiary/aromatic N) is 4. The molecular formula is C23H20N4O3S. The predicted molar refractivity (Wildman–Crippen MR) is 121 cm³/mol. The summed E-state index contributed by atoms with van der Waals surface area (Å²) in [6.07, 6.45) is 0. The van der Waals surface area contributed by atoms with Gasteiger partial charge in [-0.2, -0.15) is 0 Å². The highest BCUT2D eigenvalue weighted by molar-refractivity contribution is 7.98. The Hall–Kier alpha value is -3.65. The second kappa shape index (κ2) is 9.01. The van der Waals surface area contributed by atoms with Crippen LogP contribution < -0.4 is 4.74 Å². The molecule has 7 nitrogen and oxygen atoms in total. The summed E-state index contributed by atoms with van der Waals surface area (Å²) in [5.41, 5.74) is 3.95. The van der Waals surface area contributed by atoms with Gasteiger partial charge >= 0.3 is 0 Å². The highest BCUT2D eigenvalue weighted by Crippen LogP contribution is 2.31. The predicted octanol–water partition coefficient (Wildman–Crippen LogP) is 5.45. The first-order valence-corrected chi connectivity index (χ1v) is 10.6. The Morgan fingerprint density at radius 1 is 1.03 bits per heavy atom. The molecule has 1 heterocycles. The van der Waals surface area contributed by atoms with E-state index in [1.54, 1.807) is 19.2 Å². The number of hydrogen-bond acceptors (Lipinski definition) is 6. The summed E-state index contributed by atoms with van der Waals surface area (Å²) in [6.45, 7) is 2.04. The van der Waals surface area contributed by atoms with Crippen LogP contribution in [0.1, 0.15) is 11.1 Å². The van der Waals surface area contributed by atoms with Crippen molar-refractivity contribution in [1.29, 1.82) is 0 Å². The Kier molecular flexibility index (Phi) is 5.99. The van der Waals surface area contributed by atoms with E-state index in [9.17, 15) is 10.1 Å². The maximum atomic E-state index is 11.1. The lowest BCUT2D eigenvalue weighted by Gasteiger charge is -2.11. The van der Waals surface area contributed by atoms with Crippen molar-refractivity contribution >= 4 is 17.4 Å². The highest BCUT2D eigenvalue weighted by atomic mass is 32.2. The number of aryl methyl sites for hydroxylation is 1. The number of ether oxygens (including phenoxy) is 1. The third kappa shape index (κ3) is 4.59. The van der Waals surface area contributed by atoms with E-state index in [0.29, 0.717) is 16.7 Å². The molecule has 0 radical (unpaired) electrons. The molecule has 0 N–H and O–H groups in total. The SMILES string of the molecule is COc1ccc(-c2nnc(SCc3cccc([N+](=O)[O-])c3)n2-c2ccc(C)cc2)cc1. The zero-order chi connectivity index (χ0) is 21.8. The molecule has 31 heavy (non-hydrogen) atoms. The minimum absolute atomic E-state index is 0.0806. The first-order valence-electron chi connectivity index (χ1n) is 9.58. The van der Waals surface area contributed by atoms with Crippen molar-refractivity contribution < 1.29 is 9.66 Å². The number of methoxy groups -OCH3 is 1. The van der Waals surface area contributed by atoms with Crippen molar-refractivity contribution in [2.75, 3.05) is 7.11 Å². The van der Waals surface area contributed by atoms with E-state index in [2.05, 4.69) is 10.2 Å². The van der Waals surface area contributed by atoms with Crippen molar-refractivity contribution in [3.63, 3.8) is 0 Å². The molecule has 0 aliphatic carbocycles. The third-order valence-electron chi connectivity index (χ3n) is 4.76. The summed E-state index contributed by atoms with van der Waals surface area (Å²) in [4.78, 5) is 10.7. The van der Waals surface area contributed by atoms with Crippen LogP contribution in [0.3, 0.4) is 0 Å². The van der Waals surface area contributed by atoms with E-state index in [1.165, 1.54) is 17.8 Å². The van der Waals surface area contributed by atoms with E-state index in [1.807, 2.05) is 66.1 Å². The van der Waals surface area contributed by atoms with Crippen molar-refractivity contribution in [3.05, 3.63) is 94.0 Å². The van der Waals surface area contributed by atoms with Gasteiger partial charge in [0.1, 0.15) is 5.75 Å². The topological polar surface area (TPSA) is 83.1 Å². The lowest BCUT2D eigenvalue weighted by Crippen LogP contribution is -2.00. The molecule has 0 aliphatic heterocycles. The van der Waals surface area contributed by atoms with Crippen LogP contribution in [0.5, 0.6) is 5.75 Å². The fourth-order valence-electron chi connectivity index (χ4n) is 3.12. The van der Waals surface area contributed by atoms with Crippen LogP contribution in [-0.4, -0.2) is 26.8 Å². The number of non-ortho nitro benzene ring substituents is 1. The fraction of sp³-hybridized carbons (Fsp3) is 0.130. The monoisotopic (exact) mass is 432 g/mol. The number of hydrogen-bond donors (Lipinski definition) is 0. The molecule has 0 fully saturated rings. The summed E-state index contributed by atoms with van der Waals surface area (Å²) in [6, 6.07) is 22.5. The minimum atomic E-state index is -0.384. The molecule has 0 bridgehead atoms. The van der Waals surface area contributed by atoms with Crippen molar-refractivity contribution in [2.24, 2.45) is 0 Å². The molecule has 0 saturated heterocycles. The van der Waals surface area contributed by atoms with Gasteiger partial charge in [0, 0.05) is 29.1 Å². The molecule has 1 aromatic heterocycles. The molecule has 0 amide bonds. The summed E-state index contributed by atoms with van der Waals surface area (Å²) in [5, 5.41) is 20.6. The van der Waals surface area contributed by atoms with Crippen molar-refractivity contribution in [3.8, 4) is 22.8 Å². The largest absolute Gasteiger partial charge is 0.497 e. The normalized spacial score (nSPS) is 10.8. The van der Waals surface area contributed by atoms with Gasteiger partial charge in [0.2, 0.25) is 0 Å². The summed E-state index contributed by atoms with van der Waals surface area (Å²) in [5.74, 6) is 2.02.